The third-order valence-corrected chi connectivity index (χ3v) is 9.45. The number of fused-ring (bicyclic) bond motifs is 3. The number of aromatic nitrogens is 2. The number of amides is 1. The molecule has 4 N–H and O–H groups in total. The molecule has 3 atom stereocenters. The van der Waals surface area contributed by atoms with Crippen molar-refractivity contribution in [3.05, 3.63) is 40.6 Å². The molecule has 1 aromatic carbocycles. The van der Waals surface area contributed by atoms with E-state index in [1.54, 1.807) is 6.92 Å². The van der Waals surface area contributed by atoms with Gasteiger partial charge in [0.25, 0.3) is 5.91 Å². The number of nitrogen functional groups attached to an aromatic ring is 1. The zero-order valence-electron chi connectivity index (χ0n) is 25.1. The third-order valence-electron chi connectivity index (χ3n) is 9.45. The molecule has 4 fully saturated rings. The summed E-state index contributed by atoms with van der Waals surface area (Å²) in [4.78, 5) is 25.0. The highest BCUT2D eigenvalue weighted by Gasteiger charge is 2.64. The van der Waals surface area contributed by atoms with Gasteiger partial charge in [-0.25, -0.2) is 18.7 Å². The van der Waals surface area contributed by atoms with Crippen molar-refractivity contribution in [2.75, 3.05) is 30.3 Å². The van der Waals surface area contributed by atoms with Gasteiger partial charge in [0.05, 0.1) is 36.1 Å². The van der Waals surface area contributed by atoms with Crippen LogP contribution >= 0.6 is 0 Å². The summed E-state index contributed by atoms with van der Waals surface area (Å²) in [7, 11) is 0. The number of halogens is 5. The van der Waals surface area contributed by atoms with Crippen LogP contribution in [0.4, 0.5) is 33.5 Å². The lowest BCUT2D eigenvalue weighted by molar-refractivity contribution is -0.127. The fraction of sp³-hybridized carbons (Fsp3) is 0.484. The van der Waals surface area contributed by atoms with Crippen LogP contribution in [-0.2, 0) is 11.2 Å². The summed E-state index contributed by atoms with van der Waals surface area (Å²) in [6.07, 6.45) is -6.49. The minimum absolute atomic E-state index is 0.0127. The van der Waals surface area contributed by atoms with Crippen molar-refractivity contribution in [1.82, 2.24) is 20.6 Å². The van der Waals surface area contributed by atoms with Crippen LogP contribution in [0.5, 0.6) is 5.88 Å². The number of alkyl halides is 3. The molecular formula is C31H30F5N7O3. The molecule has 2 aromatic heterocycles. The number of nitrogens with one attached hydrogen (secondary N) is 2. The van der Waals surface area contributed by atoms with Gasteiger partial charge in [-0.05, 0) is 38.5 Å². The molecule has 8 rings (SSSR count). The van der Waals surface area contributed by atoms with Gasteiger partial charge in [0.2, 0.25) is 5.88 Å². The minimum Gasteiger partial charge on any atom is -0.472 e. The van der Waals surface area contributed by atoms with Gasteiger partial charge in [0.1, 0.15) is 29.1 Å². The summed E-state index contributed by atoms with van der Waals surface area (Å²) >= 11 is 0. The first-order valence-corrected chi connectivity index (χ1v) is 14.9. The summed E-state index contributed by atoms with van der Waals surface area (Å²) in [6, 6.07) is 3.58. The molecule has 3 saturated heterocycles. The molecule has 0 spiro atoms. The van der Waals surface area contributed by atoms with Gasteiger partial charge >= 0.3 is 6.18 Å². The van der Waals surface area contributed by atoms with E-state index in [1.807, 2.05) is 11.8 Å². The molecule has 1 saturated carbocycles. The van der Waals surface area contributed by atoms with Crippen molar-refractivity contribution in [3.8, 4) is 23.2 Å². The first-order valence-electron chi connectivity index (χ1n) is 14.9. The predicted molar refractivity (Wildman–Crippen MR) is 156 cm³/mol. The van der Waals surface area contributed by atoms with Gasteiger partial charge in [-0.3, -0.25) is 4.79 Å². The topological polar surface area (TPSA) is 138 Å². The van der Waals surface area contributed by atoms with Crippen LogP contribution in [0, 0.1) is 29.9 Å². The smallest absolute Gasteiger partial charge is 0.393 e. The number of nitrogens with two attached hydrogens (primary N) is 1. The predicted octanol–water partition coefficient (Wildman–Crippen LogP) is 4.07. The number of piperazine rings is 1. The molecular weight excluding hydrogens is 613 g/mol. The maximum Gasteiger partial charge on any atom is 0.393 e. The Morgan fingerprint density at radius 3 is 2.65 bits per heavy atom. The number of hydrogen-bond acceptors (Lipinski definition) is 9. The molecule has 6 heterocycles. The number of anilines is 2. The van der Waals surface area contributed by atoms with Crippen molar-refractivity contribution < 1.29 is 36.2 Å². The number of aryl methyl sites for hydroxylation is 1. The second-order valence-corrected chi connectivity index (χ2v) is 12.9. The van der Waals surface area contributed by atoms with Crippen LogP contribution in [0.25, 0.3) is 22.0 Å². The summed E-state index contributed by atoms with van der Waals surface area (Å²) in [5, 5.41) is 15.8. The van der Waals surface area contributed by atoms with Gasteiger partial charge < -0.3 is 30.7 Å². The van der Waals surface area contributed by atoms with Crippen LogP contribution < -0.4 is 26.0 Å². The minimum atomic E-state index is -4.82. The molecule has 1 aliphatic carbocycles. The van der Waals surface area contributed by atoms with E-state index < -0.39 is 64.2 Å². The Hall–Kier alpha value is -4.29. The quantitative estimate of drug-likeness (QED) is 0.284. The van der Waals surface area contributed by atoms with Gasteiger partial charge in [0.15, 0.2) is 11.4 Å². The van der Waals surface area contributed by atoms with E-state index in [9.17, 15) is 23.2 Å². The Morgan fingerprint density at radius 1 is 1.24 bits per heavy atom. The molecule has 1 amide bonds. The van der Waals surface area contributed by atoms with Crippen LogP contribution in [0.15, 0.2) is 12.1 Å². The molecule has 5 aliphatic rings. The summed E-state index contributed by atoms with van der Waals surface area (Å²) in [5.74, 6) is -2.84. The second-order valence-electron chi connectivity index (χ2n) is 12.9. The van der Waals surface area contributed by atoms with E-state index in [4.69, 9.17) is 20.2 Å². The number of ether oxygens (including phenoxy) is 2. The average Bonchev–Trinajstić information content (AvgIpc) is 3.47. The maximum atomic E-state index is 17.0. The highest BCUT2D eigenvalue weighted by Crippen LogP contribution is 2.51. The lowest BCUT2D eigenvalue weighted by Gasteiger charge is -2.41. The zero-order valence-corrected chi connectivity index (χ0v) is 25.1. The molecule has 2 unspecified atom stereocenters. The largest absolute Gasteiger partial charge is 0.472 e. The molecule has 10 nitrogen and oxygen atoms in total. The number of benzene rings is 1. The fourth-order valence-corrected chi connectivity index (χ4v) is 7.31. The molecule has 3 aromatic rings. The second kappa shape index (κ2) is 10.1. The standard InChI is InChI=1S/C31H30F5N7O3/c1-13-8-43-20(7-39-13)15(3)46-28-22-21(23(33)25(41-28)17-4-16(38)5-19(32)18(17)6-31(34,35)36)14(2)24(40-26(22)43)27(44)42-29-9-30(10-29,11-37)45-12-29/h4-5,13,15,20,39H,6-10,12,38H2,1-3H3,(H,42,44)/t13?,15-,20?,29?,30?/m0/s1. The van der Waals surface area contributed by atoms with Crippen LogP contribution in [0.2, 0.25) is 0 Å². The third kappa shape index (κ3) is 4.68. The maximum absolute atomic E-state index is 17.0. The lowest BCUT2D eigenvalue weighted by atomic mass is 9.69. The SMILES string of the molecule is Cc1c(C(=O)NC23COC(C#N)(C2)C3)nc2c3c(nc(-c4cc(N)cc(F)c4CC(F)(F)F)c(F)c13)O[C@@H](C)C1CNC(C)CN21. The molecule has 15 heteroatoms. The van der Waals surface area contributed by atoms with E-state index in [2.05, 4.69) is 21.7 Å². The average molecular weight is 644 g/mol. The van der Waals surface area contributed by atoms with E-state index in [0.29, 0.717) is 25.9 Å². The van der Waals surface area contributed by atoms with Gasteiger partial charge in [-0.2, -0.15) is 18.4 Å². The number of pyridine rings is 2. The first-order chi connectivity index (χ1) is 21.6. The number of rotatable bonds is 4. The monoisotopic (exact) mass is 643 g/mol. The summed E-state index contributed by atoms with van der Waals surface area (Å²) in [5.41, 5.74) is 1.93. The molecule has 0 radical (unpaired) electrons. The van der Waals surface area contributed by atoms with Gasteiger partial charge in [0, 0.05) is 54.2 Å². The van der Waals surface area contributed by atoms with Crippen molar-refractivity contribution in [2.24, 2.45) is 0 Å². The Morgan fingerprint density at radius 2 is 1.98 bits per heavy atom. The first kappa shape index (κ1) is 30.4. The molecule has 46 heavy (non-hydrogen) atoms. The van der Waals surface area contributed by atoms with Crippen LogP contribution in [-0.4, -0.2) is 71.1 Å². The lowest BCUT2D eigenvalue weighted by Crippen LogP contribution is -2.60. The Labute approximate surface area is 260 Å². The van der Waals surface area contributed by atoms with Crippen molar-refractivity contribution in [1.29, 1.82) is 5.26 Å². The Bertz CT molecular complexity index is 1850. The highest BCUT2D eigenvalue weighted by molar-refractivity contribution is 6.07. The number of carbonyl (C=O) groups is 1. The van der Waals surface area contributed by atoms with E-state index >= 15 is 8.78 Å². The number of nitriles is 1. The number of carbonyl (C=O) groups excluding carboxylic acids is 1. The molecule has 4 aliphatic heterocycles. The van der Waals surface area contributed by atoms with E-state index in [-0.39, 0.29) is 58.1 Å². The Kier molecular flexibility index (Phi) is 6.67. The van der Waals surface area contributed by atoms with Crippen LogP contribution in [0.3, 0.4) is 0 Å². The fourth-order valence-electron chi connectivity index (χ4n) is 7.31. The van der Waals surface area contributed by atoms with Crippen molar-refractivity contribution in [3.63, 3.8) is 0 Å². The molecule has 242 valence electrons. The van der Waals surface area contributed by atoms with E-state index in [1.165, 1.54) is 6.92 Å². The van der Waals surface area contributed by atoms with E-state index in [0.717, 1.165) is 12.1 Å². The number of hydrogen-bond donors (Lipinski definition) is 3. The number of nitrogens with zero attached hydrogens (tertiary/aromatic N) is 4. The normalized spacial score (nSPS) is 28.2. The van der Waals surface area contributed by atoms with Gasteiger partial charge in [-0.1, -0.05) is 0 Å². The van der Waals surface area contributed by atoms with Crippen LogP contribution in [0.1, 0.15) is 48.3 Å². The highest BCUT2D eigenvalue weighted by atomic mass is 19.4. The zero-order chi connectivity index (χ0) is 32.9. The van der Waals surface area contributed by atoms with Crippen molar-refractivity contribution >= 4 is 28.2 Å². The van der Waals surface area contributed by atoms with Crippen molar-refractivity contribution in [2.45, 2.75) is 75.5 Å². The Balaban J connectivity index is 1.47. The molecule has 2 bridgehead atoms. The summed E-state index contributed by atoms with van der Waals surface area (Å²) < 4.78 is 84.7. The van der Waals surface area contributed by atoms with Gasteiger partial charge in [-0.15, -0.1) is 0 Å². The summed E-state index contributed by atoms with van der Waals surface area (Å²) in [6.45, 7) is 6.23.